The molecule has 2 unspecified atom stereocenters. The zero-order valence-corrected chi connectivity index (χ0v) is 57.1. The van der Waals surface area contributed by atoms with Crippen LogP contribution in [0.4, 0.5) is 0 Å². The molecular weight excluding hydrogens is 1140 g/mol. The lowest BCUT2D eigenvalue weighted by molar-refractivity contribution is -0.161. The number of carbonyl (C=O) groups is 4. The summed E-state index contributed by atoms with van der Waals surface area (Å²) in [5, 5.41) is 10.5. The van der Waals surface area contributed by atoms with Crippen LogP contribution in [0.15, 0.2) is 0 Å². The van der Waals surface area contributed by atoms with Crippen LogP contribution in [0.25, 0.3) is 0 Å². The lowest BCUT2D eigenvalue weighted by Gasteiger charge is -2.21. The molecule has 0 aromatic heterocycles. The Morgan fingerprint density at radius 2 is 0.465 bits per heavy atom. The van der Waals surface area contributed by atoms with Crippen LogP contribution in [0.3, 0.4) is 0 Å². The van der Waals surface area contributed by atoms with Crippen molar-refractivity contribution in [3.8, 4) is 0 Å². The van der Waals surface area contributed by atoms with Crippen LogP contribution in [0.2, 0.25) is 0 Å². The van der Waals surface area contributed by atoms with E-state index in [0.717, 1.165) is 116 Å². The Bertz CT molecular complexity index is 1650. The van der Waals surface area contributed by atoms with E-state index in [4.69, 9.17) is 37.0 Å². The molecule has 5 atom stereocenters. The number of rotatable bonds is 68. The van der Waals surface area contributed by atoms with Gasteiger partial charge in [-0.1, -0.05) is 297 Å². The van der Waals surface area contributed by atoms with Crippen molar-refractivity contribution in [3.63, 3.8) is 0 Å². The molecule has 3 N–H and O–H groups in total. The topological polar surface area (TPSA) is 237 Å². The molecule has 0 aliphatic rings. The Morgan fingerprint density at radius 3 is 0.686 bits per heavy atom. The fourth-order valence-corrected chi connectivity index (χ4v) is 11.7. The van der Waals surface area contributed by atoms with Crippen LogP contribution in [0, 0.1) is 0 Å². The number of unbranched alkanes of at least 4 members (excludes halogenated alkanes) is 42. The van der Waals surface area contributed by atoms with Gasteiger partial charge in [-0.3, -0.25) is 37.3 Å². The van der Waals surface area contributed by atoms with Gasteiger partial charge in [-0.2, -0.15) is 0 Å². The van der Waals surface area contributed by atoms with Gasteiger partial charge >= 0.3 is 39.5 Å². The molecule has 0 aromatic carbocycles. The molecule has 0 saturated heterocycles. The maximum absolute atomic E-state index is 13.0. The molecule has 17 nitrogen and oxygen atoms in total. The molecule has 0 saturated carbocycles. The third-order valence-electron chi connectivity index (χ3n) is 15.6. The molecule has 0 heterocycles. The number of hydrogen-bond donors (Lipinski definition) is 3. The molecule has 510 valence electrons. The van der Waals surface area contributed by atoms with Gasteiger partial charge < -0.3 is 33.8 Å². The summed E-state index contributed by atoms with van der Waals surface area (Å²) in [4.78, 5) is 72.0. The predicted octanol–water partition coefficient (Wildman–Crippen LogP) is 19.1. The third-order valence-corrected chi connectivity index (χ3v) is 17.5. The van der Waals surface area contributed by atoms with Crippen molar-refractivity contribution in [1.29, 1.82) is 0 Å². The summed E-state index contributed by atoms with van der Waals surface area (Å²) in [5.41, 5.74) is 0. The van der Waals surface area contributed by atoms with E-state index >= 15 is 0 Å². The van der Waals surface area contributed by atoms with Crippen LogP contribution in [0.5, 0.6) is 0 Å². The number of esters is 4. The van der Waals surface area contributed by atoms with E-state index in [1.807, 2.05) is 0 Å². The Morgan fingerprint density at radius 1 is 0.279 bits per heavy atom. The van der Waals surface area contributed by atoms with Gasteiger partial charge in [0, 0.05) is 25.7 Å². The molecule has 0 aliphatic carbocycles. The van der Waals surface area contributed by atoms with Crippen LogP contribution in [-0.2, 0) is 65.4 Å². The molecule has 0 rings (SSSR count). The smallest absolute Gasteiger partial charge is 0.462 e. The number of hydrogen-bond acceptors (Lipinski definition) is 15. The normalized spacial score (nSPS) is 14.1. The number of aliphatic hydroxyl groups excluding tert-OH is 1. The second-order valence-electron chi connectivity index (χ2n) is 24.2. The van der Waals surface area contributed by atoms with Gasteiger partial charge in [-0.15, -0.1) is 0 Å². The summed E-state index contributed by atoms with van der Waals surface area (Å²) in [7, 11) is -9.88. The summed E-state index contributed by atoms with van der Waals surface area (Å²) in [6.07, 6.45) is 49.0. The summed E-state index contributed by atoms with van der Waals surface area (Å²) in [6.45, 7) is 4.82. The number of phosphoric acid groups is 2. The van der Waals surface area contributed by atoms with Crippen molar-refractivity contribution < 1.29 is 80.2 Å². The lowest BCUT2D eigenvalue weighted by Crippen LogP contribution is -2.30. The van der Waals surface area contributed by atoms with E-state index in [1.54, 1.807) is 0 Å². The Kier molecular flexibility index (Phi) is 60.5. The first-order valence-corrected chi connectivity index (χ1v) is 38.3. The molecule has 0 bridgehead atoms. The minimum Gasteiger partial charge on any atom is -0.462 e. The number of ether oxygens (including phenoxy) is 4. The molecule has 0 spiro atoms. The quantitative estimate of drug-likeness (QED) is 0.0222. The highest BCUT2D eigenvalue weighted by atomic mass is 31.2. The zero-order chi connectivity index (χ0) is 63.3. The highest BCUT2D eigenvalue weighted by Crippen LogP contribution is 2.45. The van der Waals surface area contributed by atoms with Gasteiger partial charge in [-0.25, -0.2) is 9.13 Å². The van der Waals surface area contributed by atoms with Crippen molar-refractivity contribution in [2.75, 3.05) is 39.6 Å². The van der Waals surface area contributed by atoms with E-state index in [9.17, 15) is 43.2 Å². The number of phosphoric ester groups is 2. The van der Waals surface area contributed by atoms with Gasteiger partial charge in [-0.05, 0) is 25.7 Å². The minimum absolute atomic E-state index is 0.104. The average molecular weight is 1270 g/mol. The molecule has 0 fully saturated rings. The highest BCUT2D eigenvalue weighted by Gasteiger charge is 2.30. The van der Waals surface area contributed by atoms with E-state index in [-0.39, 0.29) is 25.7 Å². The zero-order valence-electron chi connectivity index (χ0n) is 55.3. The first-order valence-electron chi connectivity index (χ1n) is 35.3. The predicted molar refractivity (Wildman–Crippen MR) is 345 cm³/mol. The maximum Gasteiger partial charge on any atom is 0.472 e. The molecule has 0 radical (unpaired) electrons. The monoisotopic (exact) mass is 1270 g/mol. The minimum atomic E-state index is -4.94. The van der Waals surface area contributed by atoms with Crippen molar-refractivity contribution in [1.82, 2.24) is 0 Å². The summed E-state index contributed by atoms with van der Waals surface area (Å²) in [5.74, 6) is -2.14. The van der Waals surface area contributed by atoms with Gasteiger partial charge in [0.25, 0.3) is 0 Å². The molecule has 0 aliphatic heterocycles. The van der Waals surface area contributed by atoms with Crippen molar-refractivity contribution in [3.05, 3.63) is 0 Å². The lowest BCUT2D eigenvalue weighted by atomic mass is 10.0. The number of carbonyl (C=O) groups excluding carboxylic acids is 4. The van der Waals surface area contributed by atoms with E-state index in [0.29, 0.717) is 25.7 Å². The number of aliphatic hydroxyl groups is 1. The van der Waals surface area contributed by atoms with Crippen molar-refractivity contribution in [2.45, 2.75) is 367 Å². The van der Waals surface area contributed by atoms with Gasteiger partial charge in [0.05, 0.1) is 26.4 Å². The second kappa shape index (κ2) is 61.9. The van der Waals surface area contributed by atoms with Crippen LogP contribution in [0.1, 0.15) is 349 Å². The maximum atomic E-state index is 13.0. The average Bonchev–Trinajstić information content (AvgIpc) is 3.52. The van der Waals surface area contributed by atoms with Gasteiger partial charge in [0.15, 0.2) is 12.2 Å². The van der Waals surface area contributed by atoms with Crippen LogP contribution >= 0.6 is 15.6 Å². The van der Waals surface area contributed by atoms with Crippen molar-refractivity contribution >= 4 is 39.5 Å². The second-order valence-corrected chi connectivity index (χ2v) is 27.1. The molecule has 86 heavy (non-hydrogen) atoms. The largest absolute Gasteiger partial charge is 0.472 e. The molecule has 0 aromatic rings. The fourth-order valence-electron chi connectivity index (χ4n) is 10.2. The van der Waals surface area contributed by atoms with Gasteiger partial charge in [0.1, 0.15) is 19.3 Å². The summed E-state index contributed by atoms with van der Waals surface area (Å²) >= 11 is 0. The Balaban J connectivity index is 5.08. The van der Waals surface area contributed by atoms with Crippen LogP contribution in [-0.4, -0.2) is 96.7 Å². The summed E-state index contributed by atoms with van der Waals surface area (Å²) < 4.78 is 67.9. The molecule has 19 heteroatoms. The van der Waals surface area contributed by atoms with E-state index < -0.39 is 97.5 Å². The molecular formula is C67H130O17P2. The molecule has 0 amide bonds. The first-order chi connectivity index (χ1) is 41.7. The van der Waals surface area contributed by atoms with Crippen LogP contribution < -0.4 is 0 Å². The standard InChI is InChI=1S/C67H130O17P2/c1-5-9-13-17-21-23-25-26-27-28-29-30-31-32-33-34-36-38-42-46-50-54-67(72)84-63(58-78-65(70)52-48-44-41-37-35-24-22-18-14-10-6-2)60-82-86(75,76)80-56-61(68)55-79-85(73,74)81-59-62(83-66(71)53-49-45-40-20-16-12-8-4)57-77-64(69)51-47-43-39-19-15-11-7-3/h61-63,68H,5-60H2,1-4H3,(H,73,74)(H,75,76)/t61-,62+,63+/m0/s1. The SMILES string of the molecule is CCCCCCCCCCCCCCCCCCCCCCCC(=O)O[C@H](COC(=O)CCCCCCCCCCCCC)COP(=O)(O)OC[C@@H](O)COP(=O)(O)OC[C@@H](COC(=O)CCCCCCCCC)OC(=O)CCCCCCCCC. The Labute approximate surface area is 524 Å². The highest BCUT2D eigenvalue weighted by molar-refractivity contribution is 7.47. The van der Waals surface area contributed by atoms with Crippen molar-refractivity contribution in [2.24, 2.45) is 0 Å². The summed E-state index contributed by atoms with van der Waals surface area (Å²) in [6, 6.07) is 0. The first kappa shape index (κ1) is 84.1. The van der Waals surface area contributed by atoms with Gasteiger partial charge in [0.2, 0.25) is 0 Å². The fraction of sp³-hybridized carbons (Fsp3) is 0.940. The van der Waals surface area contributed by atoms with E-state index in [2.05, 4.69) is 27.7 Å². The van der Waals surface area contributed by atoms with E-state index in [1.165, 1.54) is 154 Å². The third kappa shape index (κ3) is 60.9. The Hall–Kier alpha value is -1.94.